The van der Waals surface area contributed by atoms with E-state index in [1.807, 2.05) is 6.92 Å². The molecule has 702 valence electrons. The lowest BCUT2D eigenvalue weighted by molar-refractivity contribution is -0.391. The highest BCUT2D eigenvalue weighted by atomic mass is 16.8. The van der Waals surface area contributed by atoms with Crippen LogP contribution in [0.1, 0.15) is 127 Å². The van der Waals surface area contributed by atoms with Crippen molar-refractivity contribution >= 4 is 5.97 Å². The second kappa shape index (κ2) is 37.0. The van der Waals surface area contributed by atoms with Gasteiger partial charge in [-0.3, -0.25) is 4.79 Å². The van der Waals surface area contributed by atoms with E-state index in [0.29, 0.717) is 64.2 Å². The van der Waals surface area contributed by atoms with Gasteiger partial charge in [-0.25, -0.2) is 0 Å². The van der Waals surface area contributed by atoms with Gasteiger partial charge in [-0.2, -0.15) is 0 Å². The summed E-state index contributed by atoms with van der Waals surface area (Å²) in [4.78, 5) is 15.8. The smallest absolute Gasteiger partial charge is 0.315 e. The number of hydrogen-bond acceptors (Lipinski definition) is 42. The quantitative estimate of drug-likeness (QED) is 0.0288. The number of carbonyl (C=O) groups is 1. The van der Waals surface area contributed by atoms with Crippen LogP contribution in [0.5, 0.6) is 0 Å². The Morgan fingerprint density at radius 1 is 0.402 bits per heavy atom. The standard InChI is InChI=1S/C80H130O42/c1-28-42(86)51(95)56(100)65(110-28)108-25-37-49(93)53(97)64(121-68-57(101)52(96)48(92)36(21-81)113-68)73(114-37)115-38-26-109-67(55(99)50(38)94)118-61-44(88)30(3)112-70(59(61)103)120-63-47(91)35(85)24-107-72(63)122-74(104)80-18-16-75(4,5)20-32(80)31-10-11-40-76(6)14-13-41(77(7,27-82)39(76)12-15-79(40,9)78(31,8)17-19-80)116-71-62(46(90)34(84)23-106-71)119-69-58(102)60(43(87)29(2)111-69)117-66-54(98)45(89)33(83)22-105-66/h10,28-30,32-73,81-103H,11-27H2,1-9H3/t28-,29-,30+,32?,33-,34+,35+,36+,37-,38-,39?,40?,41+,42+,43+,44+,45-,46-,47+,48+,49-,50+,51-,52+,53-,54-,55-,56-,57+,58-,59+,60-,61+,62-,63+,64-,65-,66+,67+,68-,69+,70-,71+,72?,73+,76+,77-,78?,79-,80+/m1/s1. The molecule has 0 amide bonds. The molecule has 14 aliphatic rings. The largest absolute Gasteiger partial charge is 0.432 e. The summed E-state index contributed by atoms with van der Waals surface area (Å²) in [5, 5.41) is 255. The lowest BCUT2D eigenvalue weighted by atomic mass is 9.33. The maximum Gasteiger partial charge on any atom is 0.315 e. The predicted octanol–water partition coefficient (Wildman–Crippen LogP) is -8.30. The van der Waals surface area contributed by atoms with Gasteiger partial charge in [0, 0.05) is 5.41 Å². The number of aliphatic hydroxyl groups excluding tert-OH is 23. The second-order valence-electron chi connectivity index (χ2n) is 38.4. The lowest BCUT2D eigenvalue weighted by Gasteiger charge is -2.71. The van der Waals surface area contributed by atoms with Crippen LogP contribution in [0.4, 0.5) is 0 Å². The Morgan fingerprint density at radius 2 is 0.877 bits per heavy atom. The third kappa shape index (κ3) is 17.2. The molecule has 13 fully saturated rings. The Kier molecular flexibility index (Phi) is 29.0. The van der Waals surface area contributed by atoms with Gasteiger partial charge in [0.05, 0.1) is 76.1 Å². The van der Waals surface area contributed by atoms with Gasteiger partial charge in [0.25, 0.3) is 0 Å². The number of aliphatic hydroxyl groups is 23. The molecule has 4 saturated carbocycles. The van der Waals surface area contributed by atoms with Gasteiger partial charge in [-0.15, -0.1) is 0 Å². The number of carbonyl (C=O) groups excluding carboxylic acids is 1. The summed E-state index contributed by atoms with van der Waals surface area (Å²) < 4.78 is 108. The minimum Gasteiger partial charge on any atom is -0.432 e. The van der Waals surface area contributed by atoms with E-state index in [1.165, 1.54) is 20.8 Å². The summed E-state index contributed by atoms with van der Waals surface area (Å²) in [6.07, 6.45) is -64.0. The van der Waals surface area contributed by atoms with Gasteiger partial charge in [0.1, 0.15) is 171 Å². The number of esters is 1. The molecular formula is C80H130O42. The highest BCUT2D eigenvalue weighted by molar-refractivity contribution is 5.79. The minimum atomic E-state index is -2.15. The molecule has 9 saturated heterocycles. The van der Waals surface area contributed by atoms with Crippen molar-refractivity contribution < 1.29 is 208 Å². The molecule has 42 heteroatoms. The Morgan fingerprint density at radius 3 is 1.48 bits per heavy atom. The molecule has 0 spiro atoms. The Bertz CT molecular complexity index is 3520. The number of ether oxygens (including phenoxy) is 18. The van der Waals surface area contributed by atoms with Crippen LogP contribution in [0.3, 0.4) is 0 Å². The fourth-order valence-corrected chi connectivity index (χ4v) is 22.5. The van der Waals surface area contributed by atoms with Crippen LogP contribution in [-0.4, -0.2) is 428 Å². The first-order chi connectivity index (χ1) is 57.4. The van der Waals surface area contributed by atoms with Crippen molar-refractivity contribution in [1.29, 1.82) is 0 Å². The third-order valence-corrected chi connectivity index (χ3v) is 30.5. The Labute approximate surface area is 703 Å². The van der Waals surface area contributed by atoms with E-state index in [1.54, 1.807) is 0 Å². The van der Waals surface area contributed by atoms with Crippen LogP contribution in [0.2, 0.25) is 0 Å². The molecule has 14 rings (SSSR count). The summed E-state index contributed by atoms with van der Waals surface area (Å²) in [5.74, 6) is -1.18. The average molecular weight is 1760 g/mol. The van der Waals surface area contributed by atoms with Crippen LogP contribution in [0, 0.1) is 50.2 Å². The van der Waals surface area contributed by atoms with E-state index < -0.39 is 324 Å². The molecule has 0 aromatic rings. The SMILES string of the molecule is C[C@@H]1O[C@H](O[C@@H]2C(OC(=O)[C@]34CCC(C)(C)CC3C3=CCC5[C@@]6(C)CC[C@H](O[C@@H]7OC[C@H](O)[C@@H](O)[C@H]7O[C@@H]7O[C@H](C)[C@H](O)[C@@H](O[C@@H]8OC[C@@H](O)[C@@H](O)[C@H]8O)[C@H]7O)[C@](C)(CO)C6CC[C@@]5(C)C3(C)CC4)OC[C@H](O)[C@@H]2O)[C@@H](O)[C@@H](O[C@@H]2OC[C@@H](O[C@@H]3O[C@H](CO[C@@H]4O[C@H](C)[C@H](O)[C@@H](O)[C@H]4O)[C@@H](O)[C@@H](O)[C@H]3O[C@H]3O[C@@H](CO)[C@H](O)[C@H](O)[C@@H]3O)[C@H](O)[C@H]2O)[C@H]1O. The molecule has 0 bridgehead atoms. The summed E-state index contributed by atoms with van der Waals surface area (Å²) >= 11 is 0. The summed E-state index contributed by atoms with van der Waals surface area (Å²) in [6.45, 7) is 13.4. The molecule has 9 aliphatic heterocycles. The number of fused-ring (bicyclic) bond motifs is 7. The first kappa shape index (κ1) is 95.7. The molecule has 9 heterocycles. The summed E-state index contributed by atoms with van der Waals surface area (Å²) in [7, 11) is 0. The molecular weight excluding hydrogens is 1630 g/mol. The Balaban J connectivity index is 0.640. The topological polar surface area (TPSA) is 649 Å². The van der Waals surface area contributed by atoms with Crippen LogP contribution < -0.4 is 0 Å². The molecule has 122 heavy (non-hydrogen) atoms. The van der Waals surface area contributed by atoms with Crippen molar-refractivity contribution in [3.8, 4) is 0 Å². The number of allylic oxidation sites excluding steroid dienone is 2. The summed E-state index contributed by atoms with van der Waals surface area (Å²) in [5.41, 5.74) is -2.59. The van der Waals surface area contributed by atoms with E-state index >= 15 is 4.79 Å². The zero-order valence-corrected chi connectivity index (χ0v) is 69.6. The van der Waals surface area contributed by atoms with Crippen molar-refractivity contribution in [3.63, 3.8) is 0 Å². The van der Waals surface area contributed by atoms with Gasteiger partial charge in [0.15, 0.2) is 56.4 Å². The number of hydrogen-bond donors (Lipinski definition) is 23. The van der Waals surface area contributed by atoms with Gasteiger partial charge in [-0.05, 0) is 124 Å². The molecule has 0 aromatic heterocycles. The number of rotatable bonds is 21. The van der Waals surface area contributed by atoms with Gasteiger partial charge in [0.2, 0.25) is 6.29 Å². The van der Waals surface area contributed by atoms with Crippen LogP contribution in [0.25, 0.3) is 0 Å². The zero-order valence-electron chi connectivity index (χ0n) is 69.6. The molecule has 42 nitrogen and oxygen atoms in total. The maximum atomic E-state index is 15.8. The van der Waals surface area contributed by atoms with Crippen LogP contribution >= 0.6 is 0 Å². The Hall–Kier alpha value is -2.39. The van der Waals surface area contributed by atoms with Crippen molar-refractivity contribution in [2.45, 2.75) is 385 Å². The van der Waals surface area contributed by atoms with E-state index in [0.717, 1.165) is 5.57 Å². The van der Waals surface area contributed by atoms with Gasteiger partial charge in [-0.1, -0.05) is 53.2 Å². The van der Waals surface area contributed by atoms with Gasteiger partial charge >= 0.3 is 5.97 Å². The van der Waals surface area contributed by atoms with Crippen molar-refractivity contribution in [3.05, 3.63) is 11.6 Å². The first-order valence-corrected chi connectivity index (χ1v) is 42.8. The summed E-state index contributed by atoms with van der Waals surface area (Å²) in [6, 6.07) is 0. The fraction of sp³-hybridized carbons (Fsp3) is 0.963. The lowest BCUT2D eigenvalue weighted by Crippen LogP contribution is -2.67. The van der Waals surface area contributed by atoms with Gasteiger partial charge < -0.3 is 203 Å². The maximum absolute atomic E-state index is 15.8. The first-order valence-electron chi connectivity index (χ1n) is 42.8. The molecule has 50 atom stereocenters. The molecule has 5 unspecified atom stereocenters. The highest BCUT2D eigenvalue weighted by Gasteiger charge is 2.72. The van der Waals surface area contributed by atoms with E-state index in [-0.39, 0.29) is 36.4 Å². The third-order valence-electron chi connectivity index (χ3n) is 30.5. The predicted molar refractivity (Wildman–Crippen MR) is 399 cm³/mol. The fourth-order valence-electron chi connectivity index (χ4n) is 22.5. The van der Waals surface area contributed by atoms with E-state index in [4.69, 9.17) is 85.3 Å². The van der Waals surface area contributed by atoms with Crippen molar-refractivity contribution in [2.24, 2.45) is 50.2 Å². The van der Waals surface area contributed by atoms with E-state index in [9.17, 15) is 117 Å². The van der Waals surface area contributed by atoms with Crippen LogP contribution in [0.15, 0.2) is 11.6 Å². The van der Waals surface area contributed by atoms with Crippen molar-refractivity contribution in [1.82, 2.24) is 0 Å². The highest BCUT2D eigenvalue weighted by Crippen LogP contribution is 2.76. The molecule has 23 N–H and O–H groups in total. The normalized spacial score (nSPS) is 55.5. The second-order valence-corrected chi connectivity index (χ2v) is 38.4. The zero-order chi connectivity index (χ0) is 88.6. The minimum absolute atomic E-state index is 0.0240. The van der Waals surface area contributed by atoms with Crippen LogP contribution in [-0.2, 0) is 90.1 Å². The average Bonchev–Trinajstić information content (AvgIpc) is 0.672. The van der Waals surface area contributed by atoms with Crippen molar-refractivity contribution in [2.75, 3.05) is 46.2 Å². The molecule has 5 aliphatic carbocycles. The van der Waals surface area contributed by atoms with E-state index in [2.05, 4.69) is 40.7 Å². The molecule has 0 aromatic carbocycles. The monoisotopic (exact) mass is 1760 g/mol. The molecule has 0 radical (unpaired) electrons.